The van der Waals surface area contributed by atoms with E-state index in [1.54, 1.807) is 0 Å². The number of quaternary nitrogens is 1. The average Bonchev–Trinajstić information content (AvgIpc) is 3.49. The van der Waals surface area contributed by atoms with Gasteiger partial charge in [-0.3, -0.25) is 4.48 Å². The summed E-state index contributed by atoms with van der Waals surface area (Å²) in [6, 6.07) is 14.5. The van der Waals surface area contributed by atoms with Gasteiger partial charge in [-0.15, -0.1) is 0 Å². The fourth-order valence-electron chi connectivity index (χ4n) is 5.31. The summed E-state index contributed by atoms with van der Waals surface area (Å²) < 4.78 is 2.83. The molecule has 2 aliphatic rings. The molecule has 5 nitrogen and oxygen atoms in total. The second-order valence-corrected chi connectivity index (χ2v) is 9.15. The number of fused-ring (bicyclic) bond motifs is 1. The van der Waals surface area contributed by atoms with E-state index in [0.29, 0.717) is 21.5 Å². The smallest absolute Gasteiger partial charge is 0.324 e. The second kappa shape index (κ2) is 7.80. The number of halogens is 1. The summed E-state index contributed by atoms with van der Waals surface area (Å²) >= 11 is 6.11. The fourth-order valence-corrected chi connectivity index (χ4v) is 5.48. The zero-order chi connectivity index (χ0) is 20.7. The third kappa shape index (κ3) is 3.35. The maximum atomic E-state index is 13.6. The van der Waals surface area contributed by atoms with Crippen molar-refractivity contribution in [3.05, 3.63) is 64.4 Å². The number of hydrogen-bond donors (Lipinski definition) is 1. The van der Waals surface area contributed by atoms with E-state index in [1.807, 2.05) is 37.3 Å². The van der Waals surface area contributed by atoms with Crippen molar-refractivity contribution in [2.75, 3.05) is 26.2 Å². The standard InChI is InChI=1S/C24H28ClN4O/c1-17-27-22-14-20(25)8-9-23(22)28(17)16-18-4-6-19(7-5-18)24(30)29(12-2-3-13-29)21-10-11-26-15-21/h4-9,14,21,26H,2-3,10-13,15-16H2,1H3/q+1. The van der Waals surface area contributed by atoms with Gasteiger partial charge in [-0.05, 0) is 42.8 Å². The van der Waals surface area contributed by atoms with Crippen molar-refractivity contribution in [1.82, 2.24) is 14.9 Å². The number of amides is 1. The van der Waals surface area contributed by atoms with Crippen LogP contribution in [0.5, 0.6) is 0 Å². The minimum absolute atomic E-state index is 0.298. The van der Waals surface area contributed by atoms with E-state index in [2.05, 4.69) is 27.0 Å². The van der Waals surface area contributed by atoms with Crippen LogP contribution >= 0.6 is 11.6 Å². The van der Waals surface area contributed by atoms with Crippen molar-refractivity contribution in [1.29, 1.82) is 0 Å². The predicted octanol–water partition coefficient (Wildman–Crippen LogP) is 4.16. The van der Waals surface area contributed by atoms with E-state index in [4.69, 9.17) is 11.6 Å². The van der Waals surface area contributed by atoms with E-state index < -0.39 is 0 Å². The van der Waals surface area contributed by atoms with Crippen LogP contribution in [0, 0.1) is 6.92 Å². The number of aryl methyl sites for hydroxylation is 1. The lowest BCUT2D eigenvalue weighted by atomic mass is 10.1. The van der Waals surface area contributed by atoms with Crippen LogP contribution in [0.1, 0.15) is 41.0 Å². The number of hydrogen-bond acceptors (Lipinski definition) is 3. The first-order valence-electron chi connectivity index (χ1n) is 10.9. The molecule has 0 saturated carbocycles. The van der Waals surface area contributed by atoms with Crippen molar-refractivity contribution in [2.45, 2.75) is 38.8 Å². The molecule has 2 aromatic carbocycles. The molecule has 0 radical (unpaired) electrons. The van der Waals surface area contributed by atoms with Gasteiger partial charge in [-0.2, -0.15) is 0 Å². The number of imidazole rings is 1. The molecule has 1 amide bonds. The Morgan fingerprint density at radius 3 is 2.67 bits per heavy atom. The zero-order valence-electron chi connectivity index (χ0n) is 17.4. The summed E-state index contributed by atoms with van der Waals surface area (Å²) in [5.74, 6) is 1.26. The van der Waals surface area contributed by atoms with Gasteiger partial charge in [0.25, 0.3) is 0 Å². The van der Waals surface area contributed by atoms with Gasteiger partial charge in [0.1, 0.15) is 11.9 Å². The highest BCUT2D eigenvalue weighted by molar-refractivity contribution is 6.31. The highest BCUT2D eigenvalue weighted by Gasteiger charge is 2.47. The van der Waals surface area contributed by atoms with Crippen LogP contribution in [0.25, 0.3) is 11.0 Å². The van der Waals surface area contributed by atoms with Crippen molar-refractivity contribution >= 4 is 28.5 Å². The molecule has 2 saturated heterocycles. The average molecular weight is 424 g/mol. The van der Waals surface area contributed by atoms with Gasteiger partial charge in [0.05, 0.1) is 29.7 Å². The van der Waals surface area contributed by atoms with Crippen LogP contribution in [0.15, 0.2) is 42.5 Å². The van der Waals surface area contributed by atoms with Crippen molar-refractivity contribution < 1.29 is 9.28 Å². The molecule has 1 unspecified atom stereocenters. The number of nitrogens with zero attached hydrogens (tertiary/aromatic N) is 3. The van der Waals surface area contributed by atoms with Gasteiger partial charge in [-0.25, -0.2) is 9.78 Å². The molecule has 1 atom stereocenters. The first-order valence-corrected chi connectivity index (χ1v) is 11.3. The number of nitrogens with one attached hydrogen (secondary N) is 1. The normalized spacial score (nSPS) is 20.8. The molecule has 3 aromatic rings. The minimum atomic E-state index is 0.298. The third-order valence-electron chi connectivity index (χ3n) is 6.94. The number of carbonyl (C=O) groups excluding carboxylic acids is 1. The van der Waals surface area contributed by atoms with Crippen molar-refractivity contribution in [3.63, 3.8) is 0 Å². The van der Waals surface area contributed by atoms with E-state index >= 15 is 0 Å². The topological polar surface area (TPSA) is 46.9 Å². The summed E-state index contributed by atoms with van der Waals surface area (Å²) in [5, 5.41) is 4.15. The maximum absolute atomic E-state index is 13.6. The Kier molecular flexibility index (Phi) is 5.13. The van der Waals surface area contributed by atoms with Crippen molar-refractivity contribution in [2.24, 2.45) is 0 Å². The van der Waals surface area contributed by atoms with Gasteiger partial charge in [0.2, 0.25) is 0 Å². The SMILES string of the molecule is Cc1nc2cc(Cl)ccc2n1Cc1ccc(C(=O)[N+]2(C3CCNC3)CCCC2)cc1. The Bertz CT molecular complexity index is 1080. The summed E-state index contributed by atoms with van der Waals surface area (Å²) in [4.78, 5) is 18.2. The molecule has 0 spiro atoms. The molecule has 5 rings (SSSR count). The number of carbonyl (C=O) groups is 1. The van der Waals surface area contributed by atoms with Gasteiger partial charge in [-0.1, -0.05) is 23.7 Å². The van der Waals surface area contributed by atoms with E-state index in [0.717, 1.165) is 74.4 Å². The number of rotatable bonds is 4. The molecule has 30 heavy (non-hydrogen) atoms. The van der Waals surface area contributed by atoms with Crippen molar-refractivity contribution in [3.8, 4) is 0 Å². The first kappa shape index (κ1) is 19.7. The van der Waals surface area contributed by atoms with E-state index in [1.165, 1.54) is 5.56 Å². The number of aromatic nitrogens is 2. The summed E-state index contributed by atoms with van der Waals surface area (Å²) in [7, 11) is 0. The number of benzene rings is 2. The number of likely N-dealkylation sites (tertiary alicyclic amines) is 1. The summed E-state index contributed by atoms with van der Waals surface area (Å²) in [6.45, 7) is 6.69. The van der Waals surface area contributed by atoms with Crippen LogP contribution in [-0.2, 0) is 6.54 Å². The molecule has 3 heterocycles. The Balaban J connectivity index is 1.39. The molecule has 6 heteroatoms. The Morgan fingerprint density at radius 2 is 1.97 bits per heavy atom. The molecular formula is C24H28ClN4O+. The minimum Gasteiger partial charge on any atom is -0.324 e. The Morgan fingerprint density at radius 1 is 1.20 bits per heavy atom. The quantitative estimate of drug-likeness (QED) is 0.641. The van der Waals surface area contributed by atoms with Crippen LogP contribution < -0.4 is 5.32 Å². The lowest BCUT2D eigenvalue weighted by Gasteiger charge is -2.36. The molecule has 156 valence electrons. The Labute approximate surface area is 182 Å². The third-order valence-corrected chi connectivity index (χ3v) is 7.18. The van der Waals surface area contributed by atoms with Crippen LogP contribution in [-0.4, -0.2) is 52.2 Å². The van der Waals surface area contributed by atoms with Gasteiger partial charge in [0.15, 0.2) is 0 Å². The lowest BCUT2D eigenvalue weighted by Crippen LogP contribution is -2.58. The molecule has 1 N–H and O–H groups in total. The highest BCUT2D eigenvalue weighted by Crippen LogP contribution is 2.30. The van der Waals surface area contributed by atoms with Crippen LogP contribution in [0.3, 0.4) is 0 Å². The maximum Gasteiger partial charge on any atom is 0.346 e. The predicted molar refractivity (Wildman–Crippen MR) is 120 cm³/mol. The fraction of sp³-hybridized carbons (Fsp3) is 0.417. The van der Waals surface area contributed by atoms with E-state index in [9.17, 15) is 4.79 Å². The second-order valence-electron chi connectivity index (χ2n) is 8.72. The first-order chi connectivity index (χ1) is 14.6. The Hall–Kier alpha value is -2.21. The van der Waals surface area contributed by atoms with Gasteiger partial charge in [0, 0.05) is 43.9 Å². The van der Waals surface area contributed by atoms with Gasteiger partial charge >= 0.3 is 5.91 Å². The zero-order valence-corrected chi connectivity index (χ0v) is 18.2. The van der Waals surface area contributed by atoms with Crippen LogP contribution in [0.2, 0.25) is 5.02 Å². The highest BCUT2D eigenvalue weighted by atomic mass is 35.5. The van der Waals surface area contributed by atoms with Crippen LogP contribution in [0.4, 0.5) is 0 Å². The monoisotopic (exact) mass is 423 g/mol. The molecule has 0 aliphatic carbocycles. The van der Waals surface area contributed by atoms with E-state index in [-0.39, 0.29) is 0 Å². The molecule has 2 aliphatic heterocycles. The van der Waals surface area contributed by atoms with Gasteiger partial charge < -0.3 is 9.88 Å². The summed E-state index contributed by atoms with van der Waals surface area (Å²) in [6.07, 6.45) is 3.40. The molecule has 1 aromatic heterocycles. The molecule has 0 bridgehead atoms. The molecular weight excluding hydrogens is 396 g/mol. The summed E-state index contributed by atoms with van der Waals surface area (Å²) in [5.41, 5.74) is 4.00. The largest absolute Gasteiger partial charge is 0.346 e. The lowest BCUT2D eigenvalue weighted by molar-refractivity contribution is -0.860. The molecule has 2 fully saturated rings.